The van der Waals surface area contributed by atoms with Crippen LogP contribution >= 0.6 is 0 Å². The number of rotatable bonds is 5. The molecular weight excluding hydrogens is 252 g/mol. The number of aromatic nitrogens is 2. The zero-order chi connectivity index (χ0) is 14.3. The van der Waals surface area contributed by atoms with Crippen LogP contribution in [0.2, 0.25) is 0 Å². The predicted octanol–water partition coefficient (Wildman–Crippen LogP) is 2.89. The summed E-state index contributed by atoms with van der Waals surface area (Å²) in [6.07, 6.45) is 4.14. The Balaban J connectivity index is 1.95. The summed E-state index contributed by atoms with van der Waals surface area (Å²) in [4.78, 5) is 2.33. The summed E-state index contributed by atoms with van der Waals surface area (Å²) in [6, 6.07) is 4.48. The number of nitrogens with two attached hydrogens (primary N) is 1. The molecule has 1 aliphatic rings. The van der Waals surface area contributed by atoms with Crippen LogP contribution in [0.5, 0.6) is 0 Å². The van der Waals surface area contributed by atoms with Crippen molar-refractivity contribution in [1.29, 1.82) is 0 Å². The van der Waals surface area contributed by atoms with Gasteiger partial charge in [-0.05, 0) is 30.9 Å². The third kappa shape index (κ3) is 2.28. The van der Waals surface area contributed by atoms with Gasteiger partial charge in [0, 0.05) is 13.1 Å². The van der Waals surface area contributed by atoms with E-state index in [4.69, 9.17) is 10.2 Å². The summed E-state index contributed by atoms with van der Waals surface area (Å²) in [6.45, 7) is 4.99. The second-order valence-electron chi connectivity index (χ2n) is 5.84. The zero-order valence-electron chi connectivity index (χ0n) is 12.3. The summed E-state index contributed by atoms with van der Waals surface area (Å²) in [5.74, 6) is 2.32. The van der Waals surface area contributed by atoms with Gasteiger partial charge in [-0.15, -0.1) is 0 Å². The van der Waals surface area contributed by atoms with E-state index in [9.17, 15) is 0 Å². The Kier molecular flexibility index (Phi) is 3.20. The van der Waals surface area contributed by atoms with Gasteiger partial charge in [-0.25, -0.2) is 0 Å². The van der Waals surface area contributed by atoms with Crippen LogP contribution in [0.4, 0.5) is 11.5 Å². The highest BCUT2D eigenvalue weighted by atomic mass is 16.3. The largest absolute Gasteiger partial charge is 0.467 e. The summed E-state index contributed by atoms with van der Waals surface area (Å²) >= 11 is 0. The average molecular weight is 274 g/mol. The van der Waals surface area contributed by atoms with Crippen molar-refractivity contribution in [2.45, 2.75) is 45.2 Å². The molecule has 0 aromatic carbocycles. The molecule has 0 atom stereocenters. The molecule has 5 nitrogen and oxygen atoms in total. The molecule has 0 amide bonds. The fourth-order valence-corrected chi connectivity index (χ4v) is 2.65. The summed E-state index contributed by atoms with van der Waals surface area (Å²) < 4.78 is 7.39. The zero-order valence-corrected chi connectivity index (χ0v) is 12.3. The van der Waals surface area contributed by atoms with E-state index in [-0.39, 0.29) is 0 Å². The monoisotopic (exact) mass is 274 g/mol. The van der Waals surface area contributed by atoms with E-state index in [2.05, 4.69) is 23.8 Å². The first-order valence-electron chi connectivity index (χ1n) is 7.19. The Hall–Kier alpha value is -1.91. The van der Waals surface area contributed by atoms with E-state index in [1.54, 1.807) is 6.26 Å². The molecule has 0 saturated heterocycles. The number of hydrogen-bond acceptors (Lipinski definition) is 4. The minimum atomic E-state index is 0.333. The molecule has 1 saturated carbocycles. The predicted molar refractivity (Wildman–Crippen MR) is 79.6 cm³/mol. The highest BCUT2D eigenvalue weighted by Crippen LogP contribution is 2.38. The topological polar surface area (TPSA) is 60.2 Å². The van der Waals surface area contributed by atoms with Crippen molar-refractivity contribution in [3.05, 3.63) is 29.9 Å². The van der Waals surface area contributed by atoms with E-state index in [0.717, 1.165) is 29.5 Å². The highest BCUT2D eigenvalue weighted by Gasteiger charge is 2.33. The summed E-state index contributed by atoms with van der Waals surface area (Å²) in [5, 5.41) is 4.59. The third-order valence-corrected chi connectivity index (χ3v) is 3.79. The molecule has 0 radical (unpaired) electrons. The number of nitrogen functional groups attached to an aromatic ring is 1. The molecule has 2 aromatic heterocycles. The lowest BCUT2D eigenvalue weighted by Crippen LogP contribution is -2.27. The van der Waals surface area contributed by atoms with Gasteiger partial charge in [-0.3, -0.25) is 4.68 Å². The lowest BCUT2D eigenvalue weighted by atomic mass is 10.1. The van der Waals surface area contributed by atoms with Gasteiger partial charge in [0.2, 0.25) is 0 Å². The maximum absolute atomic E-state index is 6.34. The molecular formula is C15H22N4O. The van der Waals surface area contributed by atoms with Crippen molar-refractivity contribution in [2.24, 2.45) is 7.05 Å². The van der Waals surface area contributed by atoms with E-state index < -0.39 is 0 Å². The fourth-order valence-electron chi connectivity index (χ4n) is 2.65. The number of anilines is 2. The van der Waals surface area contributed by atoms with Crippen molar-refractivity contribution in [1.82, 2.24) is 9.78 Å². The van der Waals surface area contributed by atoms with Crippen LogP contribution in [0.1, 0.15) is 44.1 Å². The molecule has 5 heteroatoms. The molecule has 0 aliphatic heterocycles. The van der Waals surface area contributed by atoms with Gasteiger partial charge in [-0.2, -0.15) is 5.10 Å². The second kappa shape index (κ2) is 4.89. The van der Waals surface area contributed by atoms with Gasteiger partial charge in [0.15, 0.2) is 5.82 Å². The van der Waals surface area contributed by atoms with Gasteiger partial charge in [0.05, 0.1) is 24.2 Å². The van der Waals surface area contributed by atoms with Gasteiger partial charge in [0.25, 0.3) is 0 Å². The van der Waals surface area contributed by atoms with Gasteiger partial charge < -0.3 is 15.1 Å². The van der Waals surface area contributed by atoms with Crippen molar-refractivity contribution in [3.63, 3.8) is 0 Å². The van der Waals surface area contributed by atoms with Gasteiger partial charge in [-0.1, -0.05) is 13.8 Å². The van der Waals surface area contributed by atoms with Crippen LogP contribution < -0.4 is 10.6 Å². The van der Waals surface area contributed by atoms with Crippen LogP contribution in [0.15, 0.2) is 22.8 Å². The smallest absolute Gasteiger partial charge is 0.151 e. The van der Waals surface area contributed by atoms with Crippen LogP contribution in [0, 0.1) is 0 Å². The Morgan fingerprint density at radius 2 is 2.25 bits per heavy atom. The average Bonchev–Trinajstić information content (AvgIpc) is 3.03. The van der Waals surface area contributed by atoms with Gasteiger partial charge in [0.1, 0.15) is 5.76 Å². The Labute approximate surface area is 119 Å². The maximum Gasteiger partial charge on any atom is 0.151 e. The van der Waals surface area contributed by atoms with Crippen LogP contribution in [0.3, 0.4) is 0 Å². The van der Waals surface area contributed by atoms with Crippen molar-refractivity contribution >= 4 is 11.5 Å². The van der Waals surface area contributed by atoms with Crippen molar-refractivity contribution in [3.8, 4) is 0 Å². The molecule has 3 rings (SSSR count). The standard InChI is InChI=1S/C15H22N4O/c1-10(2)14-13(16)15(18(3)17-14)19(11-6-7-11)9-12-5-4-8-20-12/h4-5,8,10-11H,6-7,9,16H2,1-3H3. The molecule has 0 spiro atoms. The summed E-state index contributed by atoms with van der Waals surface area (Å²) in [5.41, 5.74) is 8.13. The third-order valence-electron chi connectivity index (χ3n) is 3.79. The first-order chi connectivity index (χ1) is 9.58. The Morgan fingerprint density at radius 3 is 2.75 bits per heavy atom. The van der Waals surface area contributed by atoms with Crippen molar-refractivity contribution < 1.29 is 4.42 Å². The minimum absolute atomic E-state index is 0.333. The molecule has 2 heterocycles. The molecule has 0 bridgehead atoms. The number of furan rings is 1. The molecule has 1 fully saturated rings. The molecule has 2 aromatic rings. The van der Waals surface area contributed by atoms with Crippen LogP contribution in [0.25, 0.3) is 0 Å². The first kappa shape index (κ1) is 13.1. The molecule has 20 heavy (non-hydrogen) atoms. The lowest BCUT2D eigenvalue weighted by molar-refractivity contribution is 0.498. The lowest BCUT2D eigenvalue weighted by Gasteiger charge is -2.24. The highest BCUT2D eigenvalue weighted by molar-refractivity contribution is 5.68. The molecule has 1 aliphatic carbocycles. The van der Waals surface area contributed by atoms with Crippen LogP contribution in [-0.4, -0.2) is 15.8 Å². The number of hydrogen-bond donors (Lipinski definition) is 1. The van der Waals surface area contributed by atoms with E-state index in [1.165, 1.54) is 12.8 Å². The van der Waals surface area contributed by atoms with E-state index >= 15 is 0 Å². The van der Waals surface area contributed by atoms with E-state index in [1.807, 2.05) is 23.9 Å². The molecule has 108 valence electrons. The first-order valence-corrected chi connectivity index (χ1v) is 7.19. The number of nitrogens with zero attached hydrogens (tertiary/aromatic N) is 3. The van der Waals surface area contributed by atoms with Crippen molar-refractivity contribution in [2.75, 3.05) is 10.6 Å². The summed E-state index contributed by atoms with van der Waals surface area (Å²) in [7, 11) is 1.97. The van der Waals surface area contributed by atoms with Gasteiger partial charge >= 0.3 is 0 Å². The SMILES string of the molecule is CC(C)c1nn(C)c(N(Cc2ccco2)C2CC2)c1N. The maximum atomic E-state index is 6.34. The minimum Gasteiger partial charge on any atom is -0.467 e. The molecule has 0 unspecified atom stereocenters. The molecule has 2 N–H and O–H groups in total. The van der Waals surface area contributed by atoms with Crippen LogP contribution in [-0.2, 0) is 13.6 Å². The number of aryl methyl sites for hydroxylation is 1. The fraction of sp³-hybridized carbons (Fsp3) is 0.533. The Bertz CT molecular complexity index is 581. The Morgan fingerprint density at radius 1 is 1.50 bits per heavy atom. The second-order valence-corrected chi connectivity index (χ2v) is 5.84. The van der Waals surface area contributed by atoms with E-state index in [0.29, 0.717) is 12.0 Å². The quantitative estimate of drug-likeness (QED) is 0.910. The normalized spacial score (nSPS) is 15.0.